The van der Waals surface area contributed by atoms with Gasteiger partial charge in [0.2, 0.25) is 5.82 Å². The summed E-state index contributed by atoms with van der Waals surface area (Å²) < 4.78 is 1.61. The zero-order valence-corrected chi connectivity index (χ0v) is 21.8. The molecule has 1 amide bonds. The zero-order valence-electron chi connectivity index (χ0n) is 21.1. The van der Waals surface area contributed by atoms with Crippen LogP contribution in [0.5, 0.6) is 0 Å². The minimum Gasteiger partial charge on any atom is -0.315 e. The Morgan fingerprint density at radius 2 is 2.00 bits per heavy atom. The van der Waals surface area contributed by atoms with Crippen LogP contribution in [-0.4, -0.2) is 66.1 Å². The lowest BCUT2D eigenvalue weighted by atomic mass is 10.0. The van der Waals surface area contributed by atoms with Gasteiger partial charge in [0.05, 0.1) is 23.2 Å². The van der Waals surface area contributed by atoms with E-state index < -0.39 is 5.97 Å². The van der Waals surface area contributed by atoms with E-state index in [0.29, 0.717) is 28.6 Å². The smallest absolute Gasteiger partial charge is 0.315 e. The van der Waals surface area contributed by atoms with Crippen LogP contribution in [-0.2, 0) is 11.8 Å². The van der Waals surface area contributed by atoms with E-state index in [2.05, 4.69) is 30.8 Å². The Bertz CT molecular complexity index is 1460. The first-order chi connectivity index (χ1) is 18.3. The second kappa shape index (κ2) is 10.7. The number of carbonyl (C=O) groups excluding carboxylic acids is 2. The van der Waals surface area contributed by atoms with Gasteiger partial charge in [0.1, 0.15) is 5.69 Å². The van der Waals surface area contributed by atoms with Gasteiger partial charge in [0, 0.05) is 35.9 Å². The summed E-state index contributed by atoms with van der Waals surface area (Å²) in [5.74, 6) is -0.324. The van der Waals surface area contributed by atoms with Gasteiger partial charge in [-0.1, -0.05) is 42.7 Å². The molecule has 5 rings (SSSR count). The molecule has 1 N–H and O–H groups in total. The highest BCUT2D eigenvalue weighted by molar-refractivity contribution is 6.33. The second-order valence-corrected chi connectivity index (χ2v) is 9.58. The van der Waals surface area contributed by atoms with Crippen molar-refractivity contribution in [3.8, 4) is 22.6 Å². The van der Waals surface area contributed by atoms with Gasteiger partial charge in [0.15, 0.2) is 5.82 Å². The molecule has 1 fully saturated rings. The third-order valence-electron chi connectivity index (χ3n) is 6.22. The maximum absolute atomic E-state index is 13.7. The van der Waals surface area contributed by atoms with Crippen LogP contribution in [0, 0.1) is 5.92 Å². The molecule has 0 unspecified atom stereocenters. The topological polar surface area (TPSA) is 133 Å². The molecule has 196 valence electrons. The van der Waals surface area contributed by atoms with Crippen LogP contribution >= 0.6 is 11.6 Å². The Labute approximate surface area is 223 Å². The number of rotatable bonds is 7. The molecule has 1 aliphatic heterocycles. The first-order valence-corrected chi connectivity index (χ1v) is 12.5. The summed E-state index contributed by atoms with van der Waals surface area (Å²) in [7, 11) is 1.75. The van der Waals surface area contributed by atoms with E-state index in [1.54, 1.807) is 67.1 Å². The zero-order chi connectivity index (χ0) is 26.8. The van der Waals surface area contributed by atoms with Crippen molar-refractivity contribution in [2.24, 2.45) is 13.0 Å². The number of tetrazole rings is 1. The number of nitrogens with zero attached hydrogens (tertiary/aromatic N) is 8. The summed E-state index contributed by atoms with van der Waals surface area (Å²) in [5, 5.41) is 20.1. The molecule has 0 saturated carbocycles. The minimum atomic E-state index is -0.478. The van der Waals surface area contributed by atoms with Gasteiger partial charge >= 0.3 is 5.97 Å². The molecule has 38 heavy (non-hydrogen) atoms. The number of nitrogens with one attached hydrogen (secondary N) is 1. The van der Waals surface area contributed by atoms with Crippen molar-refractivity contribution in [1.82, 2.24) is 40.5 Å². The molecule has 0 bridgehead atoms. The fourth-order valence-electron chi connectivity index (χ4n) is 4.22. The summed E-state index contributed by atoms with van der Waals surface area (Å²) >= 11 is 6.42. The van der Waals surface area contributed by atoms with E-state index in [9.17, 15) is 9.59 Å². The maximum Gasteiger partial charge on any atom is 0.339 e. The molecule has 1 aliphatic rings. The Hall–Kier alpha value is -4.16. The number of aryl methyl sites for hydroxylation is 1. The molecule has 0 spiro atoms. The van der Waals surface area contributed by atoms with Gasteiger partial charge in [-0.15, -0.1) is 5.10 Å². The van der Waals surface area contributed by atoms with Gasteiger partial charge in [-0.3, -0.25) is 14.4 Å². The van der Waals surface area contributed by atoms with Crippen LogP contribution in [0.4, 0.5) is 5.82 Å². The molecule has 1 atom stereocenters. The SMILES string of the molecule is CC(C)C(=O)On1nnc(-c2c(-c3ccc(C(=O)N(c4ncccc4Cl)[C@@H]4CCNC4)cc3)cnn2C)n1. The number of halogens is 1. The molecule has 4 aromatic rings. The average molecular weight is 536 g/mol. The fourth-order valence-corrected chi connectivity index (χ4v) is 4.43. The number of hydrogen-bond donors (Lipinski definition) is 1. The number of anilines is 1. The second-order valence-electron chi connectivity index (χ2n) is 9.17. The van der Waals surface area contributed by atoms with Crippen molar-refractivity contribution in [2.45, 2.75) is 26.3 Å². The van der Waals surface area contributed by atoms with Crippen LogP contribution in [0.15, 0.2) is 48.8 Å². The molecule has 13 heteroatoms. The van der Waals surface area contributed by atoms with Crippen LogP contribution in [0.1, 0.15) is 30.6 Å². The predicted octanol–water partition coefficient (Wildman–Crippen LogP) is 2.41. The molecule has 4 heterocycles. The van der Waals surface area contributed by atoms with E-state index in [1.165, 1.54) is 0 Å². The van der Waals surface area contributed by atoms with Crippen molar-refractivity contribution in [3.63, 3.8) is 0 Å². The molecular formula is C25H26ClN9O3. The number of carbonyl (C=O) groups is 2. The predicted molar refractivity (Wildman–Crippen MR) is 139 cm³/mol. The lowest BCUT2D eigenvalue weighted by Gasteiger charge is -2.28. The van der Waals surface area contributed by atoms with E-state index >= 15 is 0 Å². The van der Waals surface area contributed by atoms with E-state index in [-0.39, 0.29) is 23.7 Å². The van der Waals surface area contributed by atoms with Crippen LogP contribution < -0.4 is 15.1 Å². The quantitative estimate of drug-likeness (QED) is 0.354. The van der Waals surface area contributed by atoms with Gasteiger partial charge in [-0.25, -0.2) is 9.78 Å². The van der Waals surface area contributed by atoms with Gasteiger partial charge < -0.3 is 10.2 Å². The molecule has 1 saturated heterocycles. The number of benzene rings is 1. The average Bonchev–Trinajstić information content (AvgIpc) is 3.67. The van der Waals surface area contributed by atoms with Crippen molar-refractivity contribution in [1.29, 1.82) is 0 Å². The Morgan fingerprint density at radius 3 is 2.68 bits per heavy atom. The van der Waals surface area contributed by atoms with Gasteiger partial charge in [-0.05, 0) is 48.0 Å². The highest BCUT2D eigenvalue weighted by Crippen LogP contribution is 2.31. The molecule has 1 aromatic carbocycles. The van der Waals surface area contributed by atoms with Gasteiger partial charge in [0.25, 0.3) is 5.91 Å². The lowest BCUT2D eigenvalue weighted by Crippen LogP contribution is -2.42. The minimum absolute atomic E-state index is 0.0574. The van der Waals surface area contributed by atoms with Crippen molar-refractivity contribution >= 4 is 29.3 Å². The highest BCUT2D eigenvalue weighted by atomic mass is 35.5. The fraction of sp³-hybridized carbons (Fsp3) is 0.320. The van der Waals surface area contributed by atoms with E-state index in [0.717, 1.165) is 29.1 Å². The van der Waals surface area contributed by atoms with Crippen molar-refractivity contribution in [2.75, 3.05) is 18.0 Å². The normalized spacial score (nSPS) is 15.1. The summed E-state index contributed by atoms with van der Waals surface area (Å²) in [5.41, 5.74) is 2.60. The third kappa shape index (κ3) is 5.00. The molecule has 3 aromatic heterocycles. The number of aromatic nitrogens is 7. The third-order valence-corrected chi connectivity index (χ3v) is 6.51. The molecule has 0 radical (unpaired) electrons. The summed E-state index contributed by atoms with van der Waals surface area (Å²) in [6, 6.07) is 10.6. The number of amides is 1. The monoisotopic (exact) mass is 535 g/mol. The maximum atomic E-state index is 13.7. The van der Waals surface area contributed by atoms with Crippen molar-refractivity contribution in [3.05, 3.63) is 59.4 Å². The van der Waals surface area contributed by atoms with Gasteiger partial charge in [-0.2, -0.15) is 5.10 Å². The first-order valence-electron chi connectivity index (χ1n) is 12.1. The van der Waals surface area contributed by atoms with Crippen LogP contribution in [0.3, 0.4) is 0 Å². The van der Waals surface area contributed by atoms with Crippen LogP contribution in [0.2, 0.25) is 5.02 Å². The Morgan fingerprint density at radius 1 is 1.21 bits per heavy atom. The molecule has 12 nitrogen and oxygen atoms in total. The number of hydrogen-bond acceptors (Lipinski definition) is 9. The lowest BCUT2D eigenvalue weighted by molar-refractivity contribution is -0.151. The summed E-state index contributed by atoms with van der Waals surface area (Å²) in [6.07, 6.45) is 4.11. The Kier molecular flexibility index (Phi) is 7.16. The largest absolute Gasteiger partial charge is 0.339 e. The highest BCUT2D eigenvalue weighted by Gasteiger charge is 2.31. The standard InChI is InChI=1S/C25H26ClN9O3/c1-15(2)25(37)38-35-31-22(30-32-35)21-19(14-29-33(21)3)16-6-8-17(9-7-16)24(36)34(18-10-12-27-13-18)23-20(26)5-4-11-28-23/h4-9,11,14-15,18,27H,10,12-13H2,1-3H3/t18-/m1/s1. The summed E-state index contributed by atoms with van der Waals surface area (Å²) in [6.45, 7) is 4.90. The number of pyridine rings is 1. The molecular weight excluding hydrogens is 510 g/mol. The summed E-state index contributed by atoms with van der Waals surface area (Å²) in [4.78, 5) is 37.5. The van der Waals surface area contributed by atoms with Crippen molar-refractivity contribution < 1.29 is 14.4 Å². The first kappa shape index (κ1) is 25.5. The van der Waals surface area contributed by atoms with Crippen LogP contribution in [0.25, 0.3) is 22.6 Å². The van der Waals surface area contributed by atoms with E-state index in [1.807, 2.05) is 12.1 Å². The molecule has 0 aliphatic carbocycles. The Balaban J connectivity index is 1.43. The van der Waals surface area contributed by atoms with E-state index in [4.69, 9.17) is 16.4 Å².